The highest BCUT2D eigenvalue weighted by molar-refractivity contribution is 9.10. The highest BCUT2D eigenvalue weighted by atomic mass is 79.9. The summed E-state index contributed by atoms with van der Waals surface area (Å²) in [6.07, 6.45) is 0. The number of nitrogen functional groups attached to an aromatic ring is 1. The van der Waals surface area contributed by atoms with Crippen LogP contribution in [-0.2, 0) is 0 Å². The van der Waals surface area contributed by atoms with Crippen molar-refractivity contribution < 1.29 is 4.74 Å². The molecule has 0 saturated heterocycles. The minimum Gasteiger partial charge on any atom is -0.439 e. The number of aromatic nitrogens is 1. The monoisotopic (exact) mass is 312 g/mol. The van der Waals surface area contributed by atoms with E-state index in [-0.39, 0.29) is 0 Å². The van der Waals surface area contributed by atoms with E-state index in [0.29, 0.717) is 16.7 Å². The maximum Gasteiger partial charge on any atom is 0.222 e. The predicted octanol–water partition coefficient (Wildman–Crippen LogP) is 4.18. The lowest BCUT2D eigenvalue weighted by Gasteiger charge is -2.08. The fraction of sp³-hybridized carbons (Fsp3) is 0.0833. The molecule has 2 rings (SSSR count). The highest BCUT2D eigenvalue weighted by Crippen LogP contribution is 2.28. The number of ether oxygens (including phenoxy) is 1. The summed E-state index contributed by atoms with van der Waals surface area (Å²) >= 11 is 9.20. The molecule has 1 aromatic heterocycles. The fourth-order valence-corrected chi connectivity index (χ4v) is 2.07. The van der Waals surface area contributed by atoms with Crippen LogP contribution in [0.5, 0.6) is 11.6 Å². The summed E-state index contributed by atoms with van der Waals surface area (Å²) in [7, 11) is 0. The third-order valence-corrected chi connectivity index (χ3v) is 2.83. The smallest absolute Gasteiger partial charge is 0.222 e. The normalized spacial score (nSPS) is 10.3. The van der Waals surface area contributed by atoms with Gasteiger partial charge in [0.2, 0.25) is 5.88 Å². The second-order valence-electron chi connectivity index (χ2n) is 3.57. The molecule has 3 nitrogen and oxygen atoms in total. The number of nitrogens with two attached hydrogens (primary N) is 1. The molecule has 0 aliphatic heterocycles. The van der Waals surface area contributed by atoms with Gasteiger partial charge in [0.25, 0.3) is 0 Å². The van der Waals surface area contributed by atoms with Crippen LogP contribution >= 0.6 is 27.5 Å². The molecule has 0 saturated carbocycles. The molecule has 0 aliphatic rings. The minimum absolute atomic E-state index is 0.315. The van der Waals surface area contributed by atoms with E-state index in [1.165, 1.54) is 0 Å². The van der Waals surface area contributed by atoms with E-state index in [9.17, 15) is 0 Å². The quantitative estimate of drug-likeness (QED) is 0.846. The predicted molar refractivity (Wildman–Crippen MR) is 72.6 cm³/mol. The first-order valence-electron chi connectivity index (χ1n) is 4.91. The standard InChI is InChI=1S/C12H10BrClN2O/c1-7-4-8(13)2-3-10(7)17-12-6-9(15)5-11(14)16-12/h2-6H,1H3,(H2,15,16). The molecular formula is C12H10BrClN2O. The lowest BCUT2D eigenvalue weighted by molar-refractivity contribution is 0.460. The zero-order valence-electron chi connectivity index (χ0n) is 9.08. The minimum atomic E-state index is 0.315. The van der Waals surface area contributed by atoms with Crippen LogP contribution in [0.4, 0.5) is 5.69 Å². The number of pyridine rings is 1. The Balaban J connectivity index is 2.31. The first-order chi connectivity index (χ1) is 8.04. The molecule has 0 spiro atoms. The van der Waals surface area contributed by atoms with E-state index < -0.39 is 0 Å². The highest BCUT2D eigenvalue weighted by Gasteiger charge is 2.05. The van der Waals surface area contributed by atoms with E-state index in [1.807, 2.05) is 25.1 Å². The Hall–Kier alpha value is -1.26. The van der Waals surface area contributed by atoms with Crippen molar-refractivity contribution in [2.24, 2.45) is 0 Å². The second kappa shape index (κ2) is 4.94. The molecule has 1 heterocycles. The van der Waals surface area contributed by atoms with Gasteiger partial charge in [-0.05, 0) is 36.8 Å². The SMILES string of the molecule is Cc1cc(Br)ccc1Oc1cc(N)cc(Cl)n1. The number of nitrogens with zero attached hydrogens (tertiary/aromatic N) is 1. The van der Waals surface area contributed by atoms with E-state index >= 15 is 0 Å². The van der Waals surface area contributed by atoms with E-state index in [0.717, 1.165) is 15.8 Å². The molecule has 88 valence electrons. The van der Waals surface area contributed by atoms with Crippen LogP contribution in [0.25, 0.3) is 0 Å². The summed E-state index contributed by atoms with van der Waals surface area (Å²) in [5.74, 6) is 1.11. The molecule has 0 aliphatic carbocycles. The third-order valence-electron chi connectivity index (χ3n) is 2.14. The summed E-state index contributed by atoms with van der Waals surface area (Å²) < 4.78 is 6.63. The molecule has 0 bridgehead atoms. The van der Waals surface area contributed by atoms with Crippen LogP contribution < -0.4 is 10.5 Å². The Bertz CT molecular complexity index is 540. The zero-order valence-corrected chi connectivity index (χ0v) is 11.4. The number of halogens is 2. The van der Waals surface area contributed by atoms with E-state index in [4.69, 9.17) is 22.1 Å². The lowest BCUT2D eigenvalue weighted by atomic mass is 10.2. The molecule has 2 aromatic rings. The number of benzene rings is 1. The number of hydrogen-bond donors (Lipinski definition) is 1. The topological polar surface area (TPSA) is 48.1 Å². The van der Waals surface area contributed by atoms with Crippen molar-refractivity contribution in [1.82, 2.24) is 4.98 Å². The van der Waals surface area contributed by atoms with Crippen LogP contribution in [0.2, 0.25) is 5.15 Å². The molecule has 0 radical (unpaired) electrons. The van der Waals surface area contributed by atoms with Crippen LogP contribution in [0.3, 0.4) is 0 Å². The molecule has 0 fully saturated rings. The second-order valence-corrected chi connectivity index (χ2v) is 4.88. The largest absolute Gasteiger partial charge is 0.439 e. The summed E-state index contributed by atoms with van der Waals surface area (Å²) in [4.78, 5) is 4.04. The molecule has 1 aromatic carbocycles. The molecule has 2 N–H and O–H groups in total. The Morgan fingerprint density at radius 1 is 1.29 bits per heavy atom. The average Bonchev–Trinajstić information content (AvgIpc) is 2.21. The Kier molecular flexibility index (Phi) is 3.54. The van der Waals surface area contributed by atoms with Crippen molar-refractivity contribution in [3.05, 3.63) is 45.5 Å². The van der Waals surface area contributed by atoms with Gasteiger partial charge in [-0.15, -0.1) is 0 Å². The van der Waals surface area contributed by atoms with Gasteiger partial charge in [0.1, 0.15) is 10.9 Å². The van der Waals surface area contributed by atoms with Crippen LogP contribution in [0.15, 0.2) is 34.8 Å². The summed E-state index contributed by atoms with van der Waals surface area (Å²) in [5, 5.41) is 0.315. The molecule has 17 heavy (non-hydrogen) atoms. The average molecular weight is 314 g/mol. The van der Waals surface area contributed by atoms with Crippen molar-refractivity contribution in [3.63, 3.8) is 0 Å². The van der Waals surface area contributed by atoms with Gasteiger partial charge in [0.05, 0.1) is 0 Å². The molecule has 5 heteroatoms. The number of aryl methyl sites for hydroxylation is 1. The Labute approximate surface area is 113 Å². The summed E-state index contributed by atoms with van der Waals surface area (Å²) in [6.45, 7) is 1.95. The first kappa shape index (κ1) is 12.2. The van der Waals surface area contributed by atoms with Crippen molar-refractivity contribution in [2.75, 3.05) is 5.73 Å². The van der Waals surface area contributed by atoms with Crippen LogP contribution in [0.1, 0.15) is 5.56 Å². The lowest BCUT2D eigenvalue weighted by Crippen LogP contribution is -1.93. The van der Waals surface area contributed by atoms with E-state index in [1.54, 1.807) is 12.1 Å². The number of hydrogen-bond acceptors (Lipinski definition) is 3. The van der Waals surface area contributed by atoms with Gasteiger partial charge >= 0.3 is 0 Å². The molecule has 0 unspecified atom stereocenters. The zero-order chi connectivity index (χ0) is 12.4. The first-order valence-corrected chi connectivity index (χ1v) is 6.09. The van der Waals surface area contributed by atoms with Gasteiger partial charge in [-0.3, -0.25) is 0 Å². The van der Waals surface area contributed by atoms with Crippen LogP contribution in [0, 0.1) is 6.92 Å². The van der Waals surface area contributed by atoms with Gasteiger partial charge in [-0.25, -0.2) is 4.98 Å². The number of rotatable bonds is 2. The summed E-state index contributed by atoms with van der Waals surface area (Å²) in [5.41, 5.74) is 7.19. The van der Waals surface area contributed by atoms with Crippen molar-refractivity contribution in [2.45, 2.75) is 6.92 Å². The Morgan fingerprint density at radius 2 is 2.06 bits per heavy atom. The summed E-state index contributed by atoms with van der Waals surface area (Å²) in [6, 6.07) is 8.92. The fourth-order valence-electron chi connectivity index (χ4n) is 1.38. The maximum absolute atomic E-state index is 5.80. The van der Waals surface area contributed by atoms with Gasteiger partial charge in [0.15, 0.2) is 0 Å². The van der Waals surface area contributed by atoms with Gasteiger partial charge in [0, 0.05) is 16.2 Å². The van der Waals surface area contributed by atoms with Gasteiger partial charge in [-0.2, -0.15) is 0 Å². The van der Waals surface area contributed by atoms with E-state index in [2.05, 4.69) is 20.9 Å². The molecule has 0 amide bonds. The Morgan fingerprint density at radius 3 is 2.71 bits per heavy atom. The number of anilines is 1. The molecule has 0 atom stereocenters. The van der Waals surface area contributed by atoms with Gasteiger partial charge < -0.3 is 10.5 Å². The van der Waals surface area contributed by atoms with Crippen molar-refractivity contribution in [1.29, 1.82) is 0 Å². The van der Waals surface area contributed by atoms with Gasteiger partial charge in [-0.1, -0.05) is 27.5 Å². The maximum atomic E-state index is 5.80. The third kappa shape index (κ3) is 3.11. The molecular weight excluding hydrogens is 304 g/mol. The van der Waals surface area contributed by atoms with Crippen molar-refractivity contribution >= 4 is 33.2 Å². The van der Waals surface area contributed by atoms with Crippen LogP contribution in [-0.4, -0.2) is 4.98 Å². The van der Waals surface area contributed by atoms with Crippen molar-refractivity contribution in [3.8, 4) is 11.6 Å².